The van der Waals surface area contributed by atoms with Crippen LogP contribution >= 0.6 is 24.5 Å². The van der Waals surface area contributed by atoms with E-state index in [-0.39, 0.29) is 0 Å². The van der Waals surface area contributed by atoms with Crippen LogP contribution in [0.4, 0.5) is 0 Å². The second-order valence-corrected chi connectivity index (χ2v) is 7.03. The van der Waals surface area contributed by atoms with Crippen LogP contribution in [0.15, 0.2) is 77.3 Å². The Kier molecular flexibility index (Phi) is 4.92. The van der Waals surface area contributed by atoms with Crippen molar-refractivity contribution >= 4 is 35.1 Å². The number of para-hydroxylation sites is 1. The van der Waals surface area contributed by atoms with Crippen molar-refractivity contribution in [2.45, 2.75) is 0 Å². The molecule has 3 aromatic carbocycles. The highest BCUT2D eigenvalue weighted by Gasteiger charge is 2.10. The van der Waals surface area contributed by atoms with Gasteiger partial charge in [0.25, 0.3) is 0 Å². The third-order valence-corrected chi connectivity index (χ3v) is 5.94. The van der Waals surface area contributed by atoms with Crippen LogP contribution in [-0.4, -0.2) is 7.11 Å². The van der Waals surface area contributed by atoms with Crippen LogP contribution in [0.3, 0.4) is 0 Å². The van der Waals surface area contributed by atoms with E-state index in [4.69, 9.17) is 4.74 Å². The summed E-state index contributed by atoms with van der Waals surface area (Å²) in [5, 5.41) is 2.63. The van der Waals surface area contributed by atoms with Gasteiger partial charge in [0.15, 0.2) is 0 Å². The van der Waals surface area contributed by atoms with Crippen molar-refractivity contribution in [3.63, 3.8) is 0 Å². The molecule has 110 valence electrons. The number of benzene rings is 3. The van der Waals surface area contributed by atoms with E-state index < -0.39 is 0 Å². The van der Waals surface area contributed by atoms with Crippen LogP contribution in [0.25, 0.3) is 11.1 Å². The fourth-order valence-corrected chi connectivity index (χ4v) is 4.19. The zero-order valence-corrected chi connectivity index (χ0v) is 14.8. The third kappa shape index (κ3) is 3.24. The molecule has 0 fully saturated rings. The first kappa shape index (κ1) is 15.3. The van der Waals surface area contributed by atoms with Gasteiger partial charge in [0.2, 0.25) is 0 Å². The van der Waals surface area contributed by atoms with Gasteiger partial charge in [-0.2, -0.15) is 0 Å². The molecule has 0 N–H and O–H groups in total. The van der Waals surface area contributed by atoms with Crippen molar-refractivity contribution in [2.75, 3.05) is 7.11 Å². The van der Waals surface area contributed by atoms with Gasteiger partial charge in [-0.15, -0.1) is 0 Å². The predicted molar refractivity (Wildman–Crippen MR) is 100 cm³/mol. The van der Waals surface area contributed by atoms with E-state index in [0.29, 0.717) is 8.58 Å². The molecule has 0 radical (unpaired) electrons. The number of hydrogen-bond donors (Lipinski definition) is 0. The standard InChI is InChI=1S/C19H16BrOP/c1-21-17-11-5-2-8-14(17)15-9-3-6-12-18(15)22-19-13-7-4-10-16(19)20/h2-13,22H,1H3. The summed E-state index contributed by atoms with van der Waals surface area (Å²) in [5.74, 6) is 0.909. The number of ether oxygens (including phenoxy) is 1. The minimum absolute atomic E-state index is 0.595. The Bertz CT molecular complexity index is 786. The predicted octanol–water partition coefficient (Wildman–Crippen LogP) is 4.75. The van der Waals surface area contributed by atoms with Crippen LogP contribution in [0.2, 0.25) is 0 Å². The number of hydrogen-bond acceptors (Lipinski definition) is 1. The monoisotopic (exact) mass is 370 g/mol. The molecule has 1 unspecified atom stereocenters. The van der Waals surface area contributed by atoms with Crippen molar-refractivity contribution < 1.29 is 4.74 Å². The molecule has 3 rings (SSSR count). The van der Waals surface area contributed by atoms with E-state index in [0.717, 1.165) is 15.8 Å². The second kappa shape index (κ2) is 7.09. The minimum atomic E-state index is 0.595. The van der Waals surface area contributed by atoms with Gasteiger partial charge < -0.3 is 4.74 Å². The molecule has 22 heavy (non-hydrogen) atoms. The molecule has 1 atom stereocenters. The summed E-state index contributed by atoms with van der Waals surface area (Å²) in [6.45, 7) is 0. The van der Waals surface area contributed by atoms with Gasteiger partial charge in [0, 0.05) is 10.0 Å². The van der Waals surface area contributed by atoms with E-state index in [1.165, 1.54) is 16.2 Å². The van der Waals surface area contributed by atoms with E-state index in [2.05, 4.69) is 70.5 Å². The van der Waals surface area contributed by atoms with Gasteiger partial charge in [-0.05, 0) is 28.3 Å². The summed E-state index contributed by atoms with van der Waals surface area (Å²) >= 11 is 3.64. The molecule has 0 aromatic heterocycles. The second-order valence-electron chi connectivity index (χ2n) is 4.85. The van der Waals surface area contributed by atoms with Crippen LogP contribution in [0, 0.1) is 0 Å². The average Bonchev–Trinajstić information content (AvgIpc) is 2.57. The zero-order chi connectivity index (χ0) is 15.4. The smallest absolute Gasteiger partial charge is 0.126 e. The molecule has 1 nitrogen and oxygen atoms in total. The minimum Gasteiger partial charge on any atom is -0.496 e. The molecule has 0 saturated heterocycles. The maximum atomic E-state index is 5.52. The molecule has 3 aromatic rings. The lowest BCUT2D eigenvalue weighted by molar-refractivity contribution is 0.416. The summed E-state index contributed by atoms with van der Waals surface area (Å²) < 4.78 is 6.68. The Hall–Kier alpha value is -1.63. The van der Waals surface area contributed by atoms with E-state index in [1.807, 2.05) is 18.2 Å². The van der Waals surface area contributed by atoms with E-state index in [9.17, 15) is 0 Å². The lowest BCUT2D eigenvalue weighted by Gasteiger charge is -2.13. The first-order chi connectivity index (χ1) is 10.8. The van der Waals surface area contributed by atoms with Crippen LogP contribution in [0.1, 0.15) is 0 Å². The van der Waals surface area contributed by atoms with Crippen LogP contribution < -0.4 is 15.3 Å². The quantitative estimate of drug-likeness (QED) is 0.602. The highest BCUT2D eigenvalue weighted by atomic mass is 79.9. The first-order valence-corrected chi connectivity index (χ1v) is 8.83. The number of halogens is 1. The highest BCUT2D eigenvalue weighted by Crippen LogP contribution is 2.31. The molecule has 3 heteroatoms. The van der Waals surface area contributed by atoms with Crippen molar-refractivity contribution in [1.82, 2.24) is 0 Å². The molecule has 0 aliphatic rings. The average molecular weight is 371 g/mol. The normalized spacial score (nSPS) is 11.0. The Balaban J connectivity index is 2.06. The molecule has 0 heterocycles. The Morgan fingerprint density at radius 2 is 1.32 bits per heavy atom. The largest absolute Gasteiger partial charge is 0.496 e. The maximum absolute atomic E-state index is 5.52. The Morgan fingerprint density at radius 1 is 0.727 bits per heavy atom. The zero-order valence-electron chi connectivity index (χ0n) is 12.2. The summed E-state index contributed by atoms with van der Waals surface area (Å²) in [5.41, 5.74) is 2.37. The lowest BCUT2D eigenvalue weighted by atomic mass is 10.0. The molecular weight excluding hydrogens is 355 g/mol. The van der Waals surface area contributed by atoms with Crippen LogP contribution in [-0.2, 0) is 0 Å². The van der Waals surface area contributed by atoms with Crippen molar-refractivity contribution in [3.05, 3.63) is 77.3 Å². The highest BCUT2D eigenvalue weighted by molar-refractivity contribution is 9.10. The van der Waals surface area contributed by atoms with Gasteiger partial charge in [0.05, 0.1) is 7.11 Å². The molecule has 0 aliphatic heterocycles. The lowest BCUT2D eigenvalue weighted by Crippen LogP contribution is -2.07. The van der Waals surface area contributed by atoms with Crippen molar-refractivity contribution in [3.8, 4) is 16.9 Å². The van der Waals surface area contributed by atoms with Gasteiger partial charge in [0.1, 0.15) is 5.75 Å². The fraction of sp³-hybridized carbons (Fsp3) is 0.0526. The summed E-state index contributed by atoms with van der Waals surface area (Å²) in [7, 11) is 2.32. The van der Waals surface area contributed by atoms with Gasteiger partial charge in [-0.1, -0.05) is 85.2 Å². The molecule has 0 saturated carbocycles. The van der Waals surface area contributed by atoms with Crippen molar-refractivity contribution in [2.24, 2.45) is 0 Å². The molecular formula is C19H16BrOP. The number of rotatable bonds is 4. The van der Waals surface area contributed by atoms with Gasteiger partial charge in [-0.25, -0.2) is 0 Å². The summed E-state index contributed by atoms with van der Waals surface area (Å²) in [6, 6.07) is 25.1. The maximum Gasteiger partial charge on any atom is 0.126 e. The number of methoxy groups -OCH3 is 1. The molecule has 0 bridgehead atoms. The van der Waals surface area contributed by atoms with E-state index >= 15 is 0 Å². The van der Waals surface area contributed by atoms with Gasteiger partial charge in [-0.3, -0.25) is 0 Å². The summed E-state index contributed by atoms with van der Waals surface area (Å²) in [6.07, 6.45) is 0. The SMILES string of the molecule is COc1ccccc1-c1ccccc1Pc1ccccc1Br. The van der Waals surface area contributed by atoms with Gasteiger partial charge >= 0.3 is 0 Å². The topological polar surface area (TPSA) is 9.23 Å². The Labute approximate surface area is 141 Å². The molecule has 0 spiro atoms. The van der Waals surface area contributed by atoms with Crippen LogP contribution in [0.5, 0.6) is 5.75 Å². The fourth-order valence-electron chi connectivity index (χ4n) is 2.40. The van der Waals surface area contributed by atoms with E-state index in [1.54, 1.807) is 7.11 Å². The summed E-state index contributed by atoms with van der Waals surface area (Å²) in [4.78, 5) is 0. The molecule has 0 aliphatic carbocycles. The Morgan fingerprint density at radius 3 is 2.05 bits per heavy atom. The first-order valence-electron chi connectivity index (χ1n) is 7.03. The third-order valence-electron chi connectivity index (χ3n) is 3.47. The van der Waals surface area contributed by atoms with Crippen molar-refractivity contribution in [1.29, 1.82) is 0 Å². The molecule has 0 amide bonds.